The van der Waals surface area contributed by atoms with Crippen LogP contribution in [0.2, 0.25) is 0 Å². The molecule has 29 heavy (non-hydrogen) atoms. The molecule has 3 amide bonds. The van der Waals surface area contributed by atoms with E-state index in [-0.39, 0.29) is 42.5 Å². The zero-order valence-electron chi connectivity index (χ0n) is 15.1. The molecule has 9 nitrogen and oxygen atoms in total. The van der Waals surface area contributed by atoms with Gasteiger partial charge in [0.25, 0.3) is 11.8 Å². The Labute approximate surface area is 195 Å². The summed E-state index contributed by atoms with van der Waals surface area (Å²) in [4.78, 5) is 39.0. The number of amides is 3. The van der Waals surface area contributed by atoms with Crippen LogP contribution >= 0.6 is 11.8 Å². The SMILES string of the molecule is CSCCC(NC(=O)c1ccccc1)C(=O)N1CC[C@@H]2[C@H]1C(=O)N2S(=O)(=O)O.[NaH]. The van der Waals surface area contributed by atoms with Gasteiger partial charge in [0, 0.05) is 12.1 Å². The zero-order chi connectivity index (χ0) is 20.5. The second-order valence-corrected chi connectivity index (χ2v) is 8.89. The Hall–Kier alpha value is -1.11. The van der Waals surface area contributed by atoms with E-state index >= 15 is 0 Å². The van der Waals surface area contributed by atoms with Gasteiger partial charge in [0.05, 0.1) is 6.04 Å². The first-order valence-electron chi connectivity index (χ1n) is 8.71. The van der Waals surface area contributed by atoms with Gasteiger partial charge in [-0.3, -0.25) is 18.9 Å². The number of likely N-dealkylation sites (tertiary alicyclic amines) is 1. The number of nitrogens with zero attached hydrogens (tertiary/aromatic N) is 2. The van der Waals surface area contributed by atoms with Crippen molar-refractivity contribution < 1.29 is 27.4 Å². The van der Waals surface area contributed by atoms with Crippen LogP contribution in [0.3, 0.4) is 0 Å². The molecule has 2 saturated heterocycles. The molecular formula is C17H22N3NaO6S2. The second kappa shape index (κ2) is 9.80. The molecule has 12 heteroatoms. The third-order valence-electron chi connectivity index (χ3n) is 4.92. The maximum absolute atomic E-state index is 13.0. The summed E-state index contributed by atoms with van der Waals surface area (Å²) in [5.74, 6) is -1.01. The van der Waals surface area contributed by atoms with E-state index in [1.165, 1.54) is 16.7 Å². The van der Waals surface area contributed by atoms with Gasteiger partial charge < -0.3 is 10.2 Å². The summed E-state index contributed by atoms with van der Waals surface area (Å²) in [6, 6.07) is 5.99. The molecule has 0 bridgehead atoms. The molecule has 3 rings (SSSR count). The second-order valence-electron chi connectivity index (χ2n) is 6.62. The molecule has 2 aliphatic heterocycles. The number of hydrogen-bond acceptors (Lipinski definition) is 6. The van der Waals surface area contributed by atoms with E-state index in [1.54, 1.807) is 30.3 Å². The fraction of sp³-hybridized carbons (Fsp3) is 0.471. The van der Waals surface area contributed by atoms with Crippen molar-refractivity contribution in [2.24, 2.45) is 0 Å². The first-order chi connectivity index (χ1) is 13.3. The minimum atomic E-state index is -4.64. The number of fused-ring (bicyclic) bond motifs is 1. The molecule has 0 radical (unpaired) electrons. The first kappa shape index (κ1) is 24.2. The van der Waals surface area contributed by atoms with Crippen LogP contribution in [0.25, 0.3) is 0 Å². The van der Waals surface area contributed by atoms with Gasteiger partial charge in [-0.2, -0.15) is 20.2 Å². The number of carbonyl (C=O) groups is 3. The Morgan fingerprint density at radius 3 is 2.55 bits per heavy atom. The average Bonchev–Trinajstić information content (AvgIpc) is 3.02. The van der Waals surface area contributed by atoms with E-state index in [2.05, 4.69) is 5.32 Å². The van der Waals surface area contributed by atoms with Crippen LogP contribution in [-0.2, 0) is 19.9 Å². The van der Waals surface area contributed by atoms with Crippen LogP contribution in [0.1, 0.15) is 23.2 Å². The van der Waals surface area contributed by atoms with E-state index in [4.69, 9.17) is 4.55 Å². The van der Waals surface area contributed by atoms with E-state index in [0.29, 0.717) is 22.0 Å². The number of rotatable bonds is 7. The third-order valence-corrected chi connectivity index (χ3v) is 6.51. The van der Waals surface area contributed by atoms with E-state index < -0.39 is 46.2 Å². The molecule has 154 valence electrons. The van der Waals surface area contributed by atoms with Gasteiger partial charge in [0.15, 0.2) is 0 Å². The van der Waals surface area contributed by atoms with Crippen LogP contribution in [0.15, 0.2) is 30.3 Å². The fourth-order valence-electron chi connectivity index (χ4n) is 3.59. The molecule has 3 atom stereocenters. The standard InChI is InChI=1S/C17H21N3O6S2.Na.H/c1-27-10-8-12(18-15(21)11-5-3-2-4-6-11)16(22)19-9-7-13-14(19)17(23)20(13)28(24,25)26;;/h2-6,12-14H,7-10H2,1H3,(H,18,21)(H,24,25,26);;/t12?,13-,14+;;/m1../s1. The minimum absolute atomic E-state index is 0. The monoisotopic (exact) mass is 451 g/mol. The number of β-lactam (4-membered cyclic amide) rings is 1. The van der Waals surface area contributed by atoms with E-state index in [1.807, 2.05) is 6.26 Å². The number of hydrogen-bond donors (Lipinski definition) is 2. The van der Waals surface area contributed by atoms with Gasteiger partial charge in [-0.05, 0) is 37.0 Å². The van der Waals surface area contributed by atoms with Crippen molar-refractivity contribution >= 4 is 69.3 Å². The Morgan fingerprint density at radius 2 is 1.97 bits per heavy atom. The van der Waals surface area contributed by atoms with Gasteiger partial charge in [-0.1, -0.05) is 18.2 Å². The predicted molar refractivity (Wildman–Crippen MR) is 110 cm³/mol. The van der Waals surface area contributed by atoms with Crippen molar-refractivity contribution in [2.45, 2.75) is 31.0 Å². The van der Waals surface area contributed by atoms with Crippen molar-refractivity contribution in [2.75, 3.05) is 18.6 Å². The summed E-state index contributed by atoms with van der Waals surface area (Å²) in [6.07, 6.45) is 2.51. The van der Waals surface area contributed by atoms with Gasteiger partial charge in [0.1, 0.15) is 12.1 Å². The summed E-state index contributed by atoms with van der Waals surface area (Å²) >= 11 is 1.52. The van der Waals surface area contributed by atoms with E-state index in [9.17, 15) is 22.8 Å². The van der Waals surface area contributed by atoms with Crippen molar-refractivity contribution in [3.8, 4) is 0 Å². The Bertz CT molecular complexity index is 882. The molecule has 0 spiro atoms. The molecule has 1 aromatic carbocycles. The molecular weight excluding hydrogens is 429 g/mol. The first-order valence-corrected chi connectivity index (χ1v) is 11.5. The fourth-order valence-corrected chi connectivity index (χ4v) is 4.96. The molecule has 0 saturated carbocycles. The van der Waals surface area contributed by atoms with Gasteiger partial charge in [0.2, 0.25) is 5.91 Å². The van der Waals surface area contributed by atoms with Crippen LogP contribution in [0, 0.1) is 0 Å². The zero-order valence-corrected chi connectivity index (χ0v) is 16.8. The van der Waals surface area contributed by atoms with Crippen molar-refractivity contribution in [3.63, 3.8) is 0 Å². The molecule has 2 heterocycles. The van der Waals surface area contributed by atoms with Crippen LogP contribution < -0.4 is 5.32 Å². The van der Waals surface area contributed by atoms with Crippen LogP contribution in [-0.4, -0.2) is 106 Å². The van der Waals surface area contributed by atoms with E-state index in [0.717, 1.165) is 0 Å². The van der Waals surface area contributed by atoms with Gasteiger partial charge >= 0.3 is 39.9 Å². The molecule has 2 aliphatic rings. The normalized spacial score (nSPS) is 21.7. The summed E-state index contributed by atoms with van der Waals surface area (Å²) in [7, 11) is -4.64. The third kappa shape index (κ3) is 4.97. The molecule has 1 aromatic rings. The quantitative estimate of drug-likeness (QED) is 0.326. The number of thioether (sulfide) groups is 1. The summed E-state index contributed by atoms with van der Waals surface area (Å²) in [5, 5.41) is 2.72. The average molecular weight is 452 g/mol. The molecule has 0 aliphatic carbocycles. The van der Waals surface area contributed by atoms with Crippen molar-refractivity contribution in [1.82, 2.24) is 14.5 Å². The van der Waals surface area contributed by atoms with Gasteiger partial charge in [-0.25, -0.2) is 4.31 Å². The number of carbonyl (C=O) groups excluding carboxylic acids is 3. The molecule has 2 N–H and O–H groups in total. The Kier molecular flexibility index (Phi) is 8.16. The van der Waals surface area contributed by atoms with Crippen LogP contribution in [0.5, 0.6) is 0 Å². The number of nitrogens with one attached hydrogen (secondary N) is 1. The summed E-state index contributed by atoms with van der Waals surface area (Å²) in [5.41, 5.74) is 0.418. The van der Waals surface area contributed by atoms with Crippen molar-refractivity contribution in [3.05, 3.63) is 35.9 Å². The molecule has 0 aromatic heterocycles. The number of benzene rings is 1. The topological polar surface area (TPSA) is 124 Å². The van der Waals surface area contributed by atoms with Crippen molar-refractivity contribution in [1.29, 1.82) is 0 Å². The Balaban J connectivity index is 0.00000300. The van der Waals surface area contributed by atoms with Crippen LogP contribution in [0.4, 0.5) is 0 Å². The maximum atomic E-state index is 13.0. The molecule has 1 unspecified atom stereocenters. The molecule has 2 fully saturated rings. The predicted octanol–water partition coefficient (Wildman–Crippen LogP) is -0.496. The summed E-state index contributed by atoms with van der Waals surface area (Å²) in [6.45, 7) is 0.183. The Morgan fingerprint density at radius 1 is 1.31 bits per heavy atom. The van der Waals surface area contributed by atoms with Gasteiger partial charge in [-0.15, -0.1) is 0 Å². The summed E-state index contributed by atoms with van der Waals surface area (Å²) < 4.78 is 32.2.